The van der Waals surface area contributed by atoms with Crippen molar-refractivity contribution in [2.24, 2.45) is 5.73 Å². The number of halogens is 3. The third-order valence-electron chi connectivity index (χ3n) is 2.81. The van der Waals surface area contributed by atoms with E-state index in [1.807, 2.05) is 0 Å². The Balaban J connectivity index is 2.29. The molecule has 92 valence electrons. The number of fused-ring (bicyclic) bond motifs is 1. The lowest BCUT2D eigenvalue weighted by Crippen LogP contribution is -2.38. The fraction of sp³-hybridized carbons (Fsp3) is 0.364. The first-order valence-electron chi connectivity index (χ1n) is 5.14. The van der Waals surface area contributed by atoms with Gasteiger partial charge < -0.3 is 11.1 Å². The molecule has 1 aromatic carbocycles. The number of nitrogens with two attached hydrogens (primary N) is 1. The van der Waals surface area contributed by atoms with Gasteiger partial charge in [0.15, 0.2) is 0 Å². The lowest BCUT2D eigenvalue weighted by molar-refractivity contribution is -0.137. The molecule has 0 bridgehead atoms. The molecule has 1 aromatic rings. The molecule has 0 spiro atoms. The average molecular weight is 244 g/mol. The number of benzene rings is 1. The van der Waals surface area contributed by atoms with E-state index in [1.165, 1.54) is 6.07 Å². The molecule has 3 nitrogen and oxygen atoms in total. The van der Waals surface area contributed by atoms with Crippen molar-refractivity contribution in [3.63, 3.8) is 0 Å². The Morgan fingerprint density at radius 1 is 1.41 bits per heavy atom. The van der Waals surface area contributed by atoms with Crippen LogP contribution in [0.2, 0.25) is 0 Å². The molecule has 1 aliphatic heterocycles. The third-order valence-corrected chi connectivity index (χ3v) is 2.81. The Morgan fingerprint density at radius 3 is 2.71 bits per heavy atom. The standard InChI is InChI=1S/C11H11F3N2O/c12-11(13,14)7-2-4-8-6(5-7)1-3-9(16-8)10(15)17/h2,4-5,9,16H,1,3H2,(H2,15,17). The molecule has 3 N–H and O–H groups in total. The molecular formula is C11H11F3N2O. The van der Waals surface area contributed by atoms with Crippen LogP contribution >= 0.6 is 0 Å². The predicted octanol–water partition coefficient (Wildman–Crippen LogP) is 1.92. The summed E-state index contributed by atoms with van der Waals surface area (Å²) in [5.74, 6) is -0.490. The molecule has 0 fully saturated rings. The minimum Gasteiger partial charge on any atom is -0.373 e. The summed E-state index contributed by atoms with van der Waals surface area (Å²) in [6.07, 6.45) is -3.50. The van der Waals surface area contributed by atoms with E-state index >= 15 is 0 Å². The van der Waals surface area contributed by atoms with Gasteiger partial charge in [0.1, 0.15) is 6.04 Å². The lowest BCUT2D eigenvalue weighted by Gasteiger charge is -2.25. The maximum atomic E-state index is 12.5. The number of anilines is 1. The summed E-state index contributed by atoms with van der Waals surface area (Å²) in [7, 11) is 0. The van der Waals surface area contributed by atoms with E-state index in [-0.39, 0.29) is 0 Å². The molecule has 1 heterocycles. The molecule has 0 saturated heterocycles. The van der Waals surface area contributed by atoms with Gasteiger partial charge in [0.2, 0.25) is 5.91 Å². The molecule has 1 amide bonds. The number of hydrogen-bond donors (Lipinski definition) is 2. The largest absolute Gasteiger partial charge is 0.416 e. The first-order chi connectivity index (χ1) is 7.88. The molecule has 1 aliphatic rings. The first-order valence-corrected chi connectivity index (χ1v) is 5.14. The van der Waals surface area contributed by atoms with Gasteiger partial charge in [-0.3, -0.25) is 4.79 Å². The van der Waals surface area contributed by atoms with Crippen molar-refractivity contribution in [1.29, 1.82) is 0 Å². The maximum Gasteiger partial charge on any atom is 0.416 e. The molecule has 2 rings (SSSR count). The third kappa shape index (κ3) is 2.35. The van der Waals surface area contributed by atoms with Crippen LogP contribution in [0, 0.1) is 0 Å². The van der Waals surface area contributed by atoms with E-state index in [9.17, 15) is 18.0 Å². The van der Waals surface area contributed by atoms with E-state index in [4.69, 9.17) is 5.73 Å². The SMILES string of the molecule is NC(=O)C1CCc2cc(C(F)(F)F)ccc2N1. The highest BCUT2D eigenvalue weighted by Crippen LogP contribution is 2.34. The number of primary amides is 1. The Bertz CT molecular complexity index is 457. The highest BCUT2D eigenvalue weighted by Gasteiger charge is 2.32. The van der Waals surface area contributed by atoms with Crippen LogP contribution in [0.4, 0.5) is 18.9 Å². The molecular weight excluding hydrogens is 233 g/mol. The number of carbonyl (C=O) groups is 1. The minimum atomic E-state index is -4.34. The van der Waals surface area contributed by atoms with Crippen molar-refractivity contribution >= 4 is 11.6 Å². The van der Waals surface area contributed by atoms with E-state index in [2.05, 4.69) is 5.32 Å². The minimum absolute atomic E-state index is 0.417. The quantitative estimate of drug-likeness (QED) is 0.793. The summed E-state index contributed by atoms with van der Waals surface area (Å²) >= 11 is 0. The summed E-state index contributed by atoms with van der Waals surface area (Å²) in [4.78, 5) is 11.0. The van der Waals surface area contributed by atoms with Gasteiger partial charge in [0, 0.05) is 5.69 Å². The van der Waals surface area contributed by atoms with Crippen molar-refractivity contribution in [3.05, 3.63) is 29.3 Å². The van der Waals surface area contributed by atoms with Gasteiger partial charge in [-0.1, -0.05) is 0 Å². The summed E-state index contributed by atoms with van der Waals surface area (Å²) in [5, 5.41) is 2.83. The summed E-state index contributed by atoms with van der Waals surface area (Å²) in [6.45, 7) is 0. The maximum absolute atomic E-state index is 12.5. The van der Waals surface area contributed by atoms with Gasteiger partial charge in [0.05, 0.1) is 5.56 Å². The second-order valence-corrected chi connectivity index (χ2v) is 4.01. The molecule has 17 heavy (non-hydrogen) atoms. The number of amides is 1. The van der Waals surface area contributed by atoms with E-state index in [1.54, 1.807) is 0 Å². The van der Waals surface area contributed by atoms with Gasteiger partial charge >= 0.3 is 6.18 Å². The summed E-state index contributed by atoms with van der Waals surface area (Å²) < 4.78 is 37.4. The first kappa shape index (κ1) is 11.8. The van der Waals surface area contributed by atoms with Gasteiger partial charge in [-0.15, -0.1) is 0 Å². The lowest BCUT2D eigenvalue weighted by atomic mass is 9.96. The van der Waals surface area contributed by atoms with Gasteiger partial charge in [-0.2, -0.15) is 13.2 Å². The molecule has 0 aromatic heterocycles. The van der Waals surface area contributed by atoms with E-state index < -0.39 is 23.7 Å². The van der Waals surface area contributed by atoms with Crippen LogP contribution in [0.25, 0.3) is 0 Å². The fourth-order valence-electron chi connectivity index (χ4n) is 1.89. The second-order valence-electron chi connectivity index (χ2n) is 4.01. The molecule has 0 saturated carbocycles. The van der Waals surface area contributed by atoms with Crippen molar-refractivity contribution in [2.75, 3.05) is 5.32 Å². The molecule has 1 atom stereocenters. The van der Waals surface area contributed by atoms with Gasteiger partial charge in [-0.05, 0) is 36.6 Å². The smallest absolute Gasteiger partial charge is 0.373 e. The van der Waals surface area contributed by atoms with Crippen LogP contribution in [0.3, 0.4) is 0 Å². The van der Waals surface area contributed by atoms with Crippen LogP contribution < -0.4 is 11.1 Å². The topological polar surface area (TPSA) is 55.1 Å². The van der Waals surface area contributed by atoms with Crippen molar-refractivity contribution < 1.29 is 18.0 Å². The number of hydrogen-bond acceptors (Lipinski definition) is 2. The number of aryl methyl sites for hydroxylation is 1. The fourth-order valence-corrected chi connectivity index (χ4v) is 1.89. The zero-order chi connectivity index (χ0) is 12.6. The highest BCUT2D eigenvalue weighted by atomic mass is 19.4. The molecule has 6 heteroatoms. The number of rotatable bonds is 1. The highest BCUT2D eigenvalue weighted by molar-refractivity contribution is 5.84. The van der Waals surface area contributed by atoms with E-state index in [0.717, 1.165) is 12.1 Å². The van der Waals surface area contributed by atoms with Gasteiger partial charge in [-0.25, -0.2) is 0 Å². The van der Waals surface area contributed by atoms with Crippen LogP contribution in [0.1, 0.15) is 17.5 Å². The Hall–Kier alpha value is -1.72. The summed E-state index contributed by atoms with van der Waals surface area (Å²) in [6, 6.07) is 2.95. The molecule has 0 radical (unpaired) electrons. The Kier molecular flexibility index (Phi) is 2.73. The zero-order valence-corrected chi connectivity index (χ0v) is 8.84. The van der Waals surface area contributed by atoms with Crippen LogP contribution in [0.5, 0.6) is 0 Å². The van der Waals surface area contributed by atoms with Crippen LogP contribution in [-0.4, -0.2) is 11.9 Å². The second kappa shape index (κ2) is 3.94. The Labute approximate surface area is 95.8 Å². The number of carbonyl (C=O) groups excluding carboxylic acids is 1. The van der Waals surface area contributed by atoms with Crippen molar-refractivity contribution in [1.82, 2.24) is 0 Å². The van der Waals surface area contributed by atoms with Gasteiger partial charge in [0.25, 0.3) is 0 Å². The predicted molar refractivity (Wildman–Crippen MR) is 56.4 cm³/mol. The zero-order valence-electron chi connectivity index (χ0n) is 8.84. The molecule has 0 aliphatic carbocycles. The van der Waals surface area contributed by atoms with Crippen molar-refractivity contribution in [3.8, 4) is 0 Å². The number of alkyl halides is 3. The average Bonchev–Trinajstić information content (AvgIpc) is 2.26. The van der Waals surface area contributed by atoms with Crippen LogP contribution in [0.15, 0.2) is 18.2 Å². The Morgan fingerprint density at radius 2 is 2.12 bits per heavy atom. The normalized spacial score (nSPS) is 19.4. The molecule has 1 unspecified atom stereocenters. The van der Waals surface area contributed by atoms with E-state index in [0.29, 0.717) is 24.1 Å². The van der Waals surface area contributed by atoms with Crippen molar-refractivity contribution in [2.45, 2.75) is 25.1 Å². The van der Waals surface area contributed by atoms with Crippen LogP contribution in [-0.2, 0) is 17.4 Å². The monoisotopic (exact) mass is 244 g/mol. The number of nitrogens with one attached hydrogen (secondary N) is 1. The summed E-state index contributed by atoms with van der Waals surface area (Å²) in [5.41, 5.74) is 5.59.